The van der Waals surface area contributed by atoms with Crippen LogP contribution < -0.4 is 0 Å². The van der Waals surface area contributed by atoms with Gasteiger partial charge < -0.3 is 10.0 Å². The molecular formula is C13H15ClN2O3. The van der Waals surface area contributed by atoms with E-state index in [1.165, 1.54) is 11.0 Å². The molecular weight excluding hydrogens is 268 g/mol. The van der Waals surface area contributed by atoms with E-state index in [0.29, 0.717) is 12.0 Å². The lowest BCUT2D eigenvalue weighted by molar-refractivity contribution is -0.137. The summed E-state index contributed by atoms with van der Waals surface area (Å²) in [6.07, 6.45) is 2.39. The van der Waals surface area contributed by atoms with Crippen LogP contribution in [0.15, 0.2) is 12.1 Å². The molecule has 5 nitrogen and oxygen atoms in total. The minimum absolute atomic E-state index is 0.0422. The molecule has 1 fully saturated rings. The number of hydrogen-bond acceptors (Lipinski definition) is 3. The SMILES string of the molecule is CCc1cc(C(=O)N(CC(=O)O)C2CC2)cc(Cl)n1. The molecule has 0 bridgehead atoms. The van der Waals surface area contributed by atoms with Crippen LogP contribution in [-0.4, -0.2) is 39.5 Å². The van der Waals surface area contributed by atoms with Crippen molar-refractivity contribution in [3.63, 3.8) is 0 Å². The number of carboxylic acids is 1. The van der Waals surface area contributed by atoms with Crippen molar-refractivity contribution < 1.29 is 14.7 Å². The van der Waals surface area contributed by atoms with Crippen molar-refractivity contribution in [1.82, 2.24) is 9.88 Å². The molecule has 0 aliphatic heterocycles. The van der Waals surface area contributed by atoms with Crippen LogP contribution in [0.5, 0.6) is 0 Å². The van der Waals surface area contributed by atoms with Crippen LogP contribution in [-0.2, 0) is 11.2 Å². The Kier molecular flexibility index (Phi) is 4.04. The number of aryl methyl sites for hydroxylation is 1. The standard InChI is InChI=1S/C13H15ClN2O3/c1-2-9-5-8(6-11(14)15-9)13(19)16(7-12(17)18)10-3-4-10/h5-6,10H,2-4,7H2,1H3,(H,17,18). The molecule has 0 saturated heterocycles. The van der Waals surface area contributed by atoms with Gasteiger partial charge in [-0.15, -0.1) is 0 Å². The normalized spacial score (nSPS) is 14.2. The third kappa shape index (κ3) is 3.44. The van der Waals surface area contributed by atoms with Crippen LogP contribution in [0.1, 0.15) is 35.8 Å². The van der Waals surface area contributed by atoms with Crippen molar-refractivity contribution in [1.29, 1.82) is 0 Å². The smallest absolute Gasteiger partial charge is 0.323 e. The fraction of sp³-hybridized carbons (Fsp3) is 0.462. The van der Waals surface area contributed by atoms with Crippen LogP contribution in [0.25, 0.3) is 0 Å². The second-order valence-corrected chi connectivity index (χ2v) is 4.97. The lowest BCUT2D eigenvalue weighted by Crippen LogP contribution is -2.37. The van der Waals surface area contributed by atoms with Gasteiger partial charge in [0.15, 0.2) is 0 Å². The highest BCUT2D eigenvalue weighted by Crippen LogP contribution is 2.28. The lowest BCUT2D eigenvalue weighted by atomic mass is 10.1. The van der Waals surface area contributed by atoms with Crippen LogP contribution in [0.2, 0.25) is 5.15 Å². The maximum absolute atomic E-state index is 12.4. The van der Waals surface area contributed by atoms with Crippen LogP contribution in [0, 0.1) is 0 Å². The largest absolute Gasteiger partial charge is 0.480 e. The second kappa shape index (κ2) is 5.57. The first-order valence-electron chi connectivity index (χ1n) is 6.20. The summed E-state index contributed by atoms with van der Waals surface area (Å²) in [5, 5.41) is 9.14. The quantitative estimate of drug-likeness (QED) is 0.839. The number of carbonyl (C=O) groups excluding carboxylic acids is 1. The topological polar surface area (TPSA) is 70.5 Å². The Morgan fingerprint density at radius 3 is 2.68 bits per heavy atom. The predicted octanol–water partition coefficient (Wildman–Crippen LogP) is 1.99. The molecule has 1 N–H and O–H groups in total. The number of carboxylic acid groups (broad SMARTS) is 1. The van der Waals surface area contributed by atoms with Crippen molar-refractivity contribution in [2.45, 2.75) is 32.2 Å². The third-order valence-electron chi connectivity index (χ3n) is 3.01. The number of nitrogens with zero attached hydrogens (tertiary/aromatic N) is 2. The summed E-state index contributed by atoms with van der Waals surface area (Å²) in [4.78, 5) is 28.7. The minimum Gasteiger partial charge on any atom is -0.480 e. The van der Waals surface area contributed by atoms with E-state index in [0.717, 1.165) is 18.5 Å². The molecule has 0 radical (unpaired) electrons. The van der Waals surface area contributed by atoms with E-state index < -0.39 is 5.97 Å². The highest BCUT2D eigenvalue weighted by Gasteiger charge is 2.34. The molecule has 1 aliphatic carbocycles. The Morgan fingerprint density at radius 2 is 2.16 bits per heavy atom. The first kappa shape index (κ1) is 13.8. The number of pyridine rings is 1. The first-order chi connectivity index (χ1) is 9.01. The van der Waals surface area contributed by atoms with Crippen molar-refractivity contribution in [3.05, 3.63) is 28.5 Å². The summed E-state index contributed by atoms with van der Waals surface area (Å²) in [6.45, 7) is 1.65. The molecule has 1 amide bonds. The average Bonchev–Trinajstić information content (AvgIpc) is 3.18. The maximum Gasteiger partial charge on any atom is 0.323 e. The van der Waals surface area contributed by atoms with E-state index in [-0.39, 0.29) is 23.6 Å². The van der Waals surface area contributed by atoms with E-state index in [2.05, 4.69) is 4.98 Å². The Balaban J connectivity index is 2.25. The summed E-state index contributed by atoms with van der Waals surface area (Å²) < 4.78 is 0. The van der Waals surface area contributed by atoms with Gasteiger partial charge in [-0.1, -0.05) is 18.5 Å². The number of hydrogen-bond donors (Lipinski definition) is 1. The molecule has 1 aromatic heterocycles. The summed E-state index contributed by atoms with van der Waals surface area (Å²) in [5.41, 5.74) is 1.13. The Hall–Kier alpha value is -1.62. The molecule has 1 saturated carbocycles. The maximum atomic E-state index is 12.4. The van der Waals surface area contributed by atoms with Gasteiger partial charge in [-0.2, -0.15) is 0 Å². The fourth-order valence-corrected chi connectivity index (χ4v) is 2.15. The molecule has 2 rings (SSSR count). The molecule has 1 aromatic rings. The van der Waals surface area contributed by atoms with E-state index >= 15 is 0 Å². The summed E-state index contributed by atoms with van der Waals surface area (Å²) in [5.74, 6) is -1.29. The Bertz CT molecular complexity index is 515. The van der Waals surface area contributed by atoms with Gasteiger partial charge in [-0.3, -0.25) is 9.59 Å². The lowest BCUT2D eigenvalue weighted by Gasteiger charge is -2.20. The zero-order valence-corrected chi connectivity index (χ0v) is 11.4. The molecule has 0 spiro atoms. The van der Waals surface area contributed by atoms with E-state index in [4.69, 9.17) is 16.7 Å². The Morgan fingerprint density at radius 1 is 1.47 bits per heavy atom. The molecule has 0 aromatic carbocycles. The number of aromatic nitrogens is 1. The Labute approximate surface area is 116 Å². The fourth-order valence-electron chi connectivity index (χ4n) is 1.92. The molecule has 0 unspecified atom stereocenters. The van der Waals surface area contributed by atoms with E-state index in [1.54, 1.807) is 6.07 Å². The van der Waals surface area contributed by atoms with Gasteiger partial charge in [0.25, 0.3) is 5.91 Å². The van der Waals surface area contributed by atoms with Gasteiger partial charge >= 0.3 is 5.97 Å². The number of halogens is 1. The van der Waals surface area contributed by atoms with Crippen molar-refractivity contribution in [3.8, 4) is 0 Å². The summed E-state index contributed by atoms with van der Waals surface area (Å²) >= 11 is 5.88. The molecule has 6 heteroatoms. The first-order valence-corrected chi connectivity index (χ1v) is 6.58. The molecule has 102 valence electrons. The van der Waals surface area contributed by atoms with E-state index in [1.807, 2.05) is 6.92 Å². The average molecular weight is 283 g/mol. The summed E-state index contributed by atoms with van der Waals surface area (Å²) in [7, 11) is 0. The number of aliphatic carboxylic acids is 1. The number of amides is 1. The van der Waals surface area contributed by atoms with Crippen molar-refractivity contribution in [2.75, 3.05) is 6.54 Å². The molecule has 1 aliphatic rings. The highest BCUT2D eigenvalue weighted by atomic mass is 35.5. The van der Waals surface area contributed by atoms with Gasteiger partial charge in [0, 0.05) is 17.3 Å². The number of rotatable bonds is 5. The number of carbonyl (C=O) groups is 2. The summed E-state index contributed by atoms with van der Waals surface area (Å²) in [6, 6.07) is 3.20. The van der Waals surface area contributed by atoms with Crippen molar-refractivity contribution in [2.24, 2.45) is 0 Å². The third-order valence-corrected chi connectivity index (χ3v) is 3.20. The van der Waals surface area contributed by atoms with Gasteiger partial charge in [0.2, 0.25) is 0 Å². The van der Waals surface area contributed by atoms with Crippen LogP contribution in [0.3, 0.4) is 0 Å². The van der Waals surface area contributed by atoms with Crippen LogP contribution >= 0.6 is 11.6 Å². The van der Waals surface area contributed by atoms with Gasteiger partial charge in [0.05, 0.1) is 0 Å². The van der Waals surface area contributed by atoms with Gasteiger partial charge in [-0.05, 0) is 31.4 Å². The second-order valence-electron chi connectivity index (χ2n) is 4.58. The predicted molar refractivity (Wildman–Crippen MR) is 70.3 cm³/mol. The minimum atomic E-state index is -1.00. The zero-order valence-electron chi connectivity index (χ0n) is 10.6. The van der Waals surface area contributed by atoms with Gasteiger partial charge in [-0.25, -0.2) is 4.98 Å². The van der Waals surface area contributed by atoms with Crippen molar-refractivity contribution >= 4 is 23.5 Å². The molecule has 19 heavy (non-hydrogen) atoms. The van der Waals surface area contributed by atoms with E-state index in [9.17, 15) is 9.59 Å². The van der Waals surface area contributed by atoms with Gasteiger partial charge in [0.1, 0.15) is 11.7 Å². The zero-order chi connectivity index (χ0) is 14.0. The highest BCUT2D eigenvalue weighted by molar-refractivity contribution is 6.29. The van der Waals surface area contributed by atoms with Crippen LogP contribution in [0.4, 0.5) is 0 Å². The molecule has 1 heterocycles. The monoisotopic (exact) mass is 282 g/mol. The molecule has 0 atom stereocenters.